The Morgan fingerprint density at radius 1 is 1.16 bits per heavy atom. The third-order valence-electron chi connectivity index (χ3n) is 3.54. The van der Waals surface area contributed by atoms with Gasteiger partial charge in [0.15, 0.2) is 0 Å². The van der Waals surface area contributed by atoms with Crippen molar-refractivity contribution in [2.45, 2.75) is 51.0 Å². The Hall–Kier alpha value is -0.180. The van der Waals surface area contributed by atoms with Crippen molar-refractivity contribution in [3.8, 4) is 0 Å². The SMILES string of the molecule is CCNC(CSc1ccccc1Cl)CC(CC)CC. The molecular formula is C16H26ClNS. The molecule has 1 nitrogen and oxygen atoms in total. The van der Waals surface area contributed by atoms with Gasteiger partial charge < -0.3 is 5.32 Å². The highest BCUT2D eigenvalue weighted by atomic mass is 35.5. The van der Waals surface area contributed by atoms with Gasteiger partial charge in [-0.15, -0.1) is 11.8 Å². The fourth-order valence-electron chi connectivity index (χ4n) is 2.28. The molecule has 0 aliphatic carbocycles. The number of halogens is 1. The molecule has 0 fully saturated rings. The predicted octanol–water partition coefficient (Wildman–Crippen LogP) is 5.24. The Kier molecular flexibility index (Phi) is 8.60. The molecule has 0 spiro atoms. The summed E-state index contributed by atoms with van der Waals surface area (Å²) in [6.07, 6.45) is 3.81. The van der Waals surface area contributed by atoms with Crippen LogP contribution in [0.4, 0.5) is 0 Å². The Morgan fingerprint density at radius 3 is 2.42 bits per heavy atom. The Labute approximate surface area is 127 Å². The molecule has 0 aromatic heterocycles. The second kappa shape index (κ2) is 9.68. The van der Waals surface area contributed by atoms with Crippen molar-refractivity contribution >= 4 is 23.4 Å². The number of nitrogens with one attached hydrogen (secondary N) is 1. The van der Waals surface area contributed by atoms with Crippen molar-refractivity contribution < 1.29 is 0 Å². The zero-order valence-electron chi connectivity index (χ0n) is 12.3. The molecule has 108 valence electrons. The van der Waals surface area contributed by atoms with Crippen LogP contribution in [0, 0.1) is 5.92 Å². The van der Waals surface area contributed by atoms with Gasteiger partial charge in [0.05, 0.1) is 5.02 Å². The van der Waals surface area contributed by atoms with Crippen LogP contribution in [0.5, 0.6) is 0 Å². The van der Waals surface area contributed by atoms with Gasteiger partial charge in [-0.05, 0) is 31.0 Å². The maximum Gasteiger partial charge on any atom is 0.0541 e. The van der Waals surface area contributed by atoms with E-state index < -0.39 is 0 Å². The van der Waals surface area contributed by atoms with Gasteiger partial charge in [0, 0.05) is 16.7 Å². The lowest BCUT2D eigenvalue weighted by Gasteiger charge is -2.22. The summed E-state index contributed by atoms with van der Waals surface area (Å²) in [6.45, 7) is 7.80. The lowest BCUT2D eigenvalue weighted by atomic mass is 9.95. The van der Waals surface area contributed by atoms with Crippen molar-refractivity contribution in [3.05, 3.63) is 29.3 Å². The quantitative estimate of drug-likeness (QED) is 0.626. The number of hydrogen-bond acceptors (Lipinski definition) is 2. The molecule has 0 heterocycles. The summed E-state index contributed by atoms with van der Waals surface area (Å²) in [5.74, 6) is 1.92. The van der Waals surface area contributed by atoms with Crippen LogP contribution < -0.4 is 5.32 Å². The minimum Gasteiger partial charge on any atom is -0.313 e. The first-order chi connectivity index (χ1) is 9.21. The average molecular weight is 300 g/mol. The van der Waals surface area contributed by atoms with E-state index in [1.54, 1.807) is 0 Å². The van der Waals surface area contributed by atoms with Crippen LogP contribution >= 0.6 is 23.4 Å². The van der Waals surface area contributed by atoms with E-state index in [2.05, 4.69) is 38.2 Å². The largest absolute Gasteiger partial charge is 0.313 e. The van der Waals surface area contributed by atoms with Gasteiger partial charge in [-0.2, -0.15) is 0 Å². The van der Waals surface area contributed by atoms with Crippen LogP contribution in [0.15, 0.2) is 29.2 Å². The summed E-state index contributed by atoms with van der Waals surface area (Å²) < 4.78 is 0. The highest BCUT2D eigenvalue weighted by Crippen LogP contribution is 2.28. The van der Waals surface area contributed by atoms with Crippen molar-refractivity contribution in [1.29, 1.82) is 0 Å². The predicted molar refractivity (Wildman–Crippen MR) is 88.3 cm³/mol. The van der Waals surface area contributed by atoms with Gasteiger partial charge in [-0.25, -0.2) is 0 Å². The summed E-state index contributed by atoms with van der Waals surface area (Å²) in [7, 11) is 0. The van der Waals surface area contributed by atoms with Crippen molar-refractivity contribution in [1.82, 2.24) is 5.32 Å². The molecule has 0 amide bonds. The number of thioether (sulfide) groups is 1. The average Bonchev–Trinajstić information content (AvgIpc) is 2.43. The molecule has 1 atom stereocenters. The number of hydrogen-bond donors (Lipinski definition) is 1. The summed E-state index contributed by atoms with van der Waals surface area (Å²) in [4.78, 5) is 1.19. The lowest BCUT2D eigenvalue weighted by Crippen LogP contribution is -2.33. The molecule has 1 aromatic rings. The molecule has 1 aromatic carbocycles. The van der Waals surface area contributed by atoms with Crippen molar-refractivity contribution in [2.24, 2.45) is 5.92 Å². The van der Waals surface area contributed by atoms with Gasteiger partial charge >= 0.3 is 0 Å². The zero-order chi connectivity index (χ0) is 14.1. The molecule has 19 heavy (non-hydrogen) atoms. The Bertz CT molecular complexity index is 352. The van der Waals surface area contributed by atoms with Crippen LogP contribution in [-0.4, -0.2) is 18.3 Å². The van der Waals surface area contributed by atoms with E-state index in [9.17, 15) is 0 Å². The summed E-state index contributed by atoms with van der Waals surface area (Å²) in [5.41, 5.74) is 0. The lowest BCUT2D eigenvalue weighted by molar-refractivity contribution is 0.388. The van der Waals surface area contributed by atoms with Gasteiger partial charge in [0.25, 0.3) is 0 Å². The fraction of sp³-hybridized carbons (Fsp3) is 0.625. The topological polar surface area (TPSA) is 12.0 Å². The van der Waals surface area contributed by atoms with E-state index in [-0.39, 0.29) is 0 Å². The van der Waals surface area contributed by atoms with Crippen LogP contribution in [0.1, 0.15) is 40.0 Å². The van der Waals surface area contributed by atoms with E-state index >= 15 is 0 Å². The molecular weight excluding hydrogens is 274 g/mol. The van der Waals surface area contributed by atoms with Gasteiger partial charge in [-0.1, -0.05) is 57.3 Å². The Morgan fingerprint density at radius 2 is 1.84 bits per heavy atom. The molecule has 0 saturated heterocycles. The van der Waals surface area contributed by atoms with Gasteiger partial charge in [-0.3, -0.25) is 0 Å². The second-order valence-electron chi connectivity index (χ2n) is 4.91. The van der Waals surface area contributed by atoms with Crippen LogP contribution in [-0.2, 0) is 0 Å². The maximum atomic E-state index is 6.20. The number of rotatable bonds is 9. The van der Waals surface area contributed by atoms with Crippen LogP contribution in [0.2, 0.25) is 5.02 Å². The first-order valence-corrected chi connectivity index (χ1v) is 8.68. The smallest absolute Gasteiger partial charge is 0.0541 e. The second-order valence-corrected chi connectivity index (χ2v) is 6.38. The van der Waals surface area contributed by atoms with Crippen LogP contribution in [0.25, 0.3) is 0 Å². The highest BCUT2D eigenvalue weighted by molar-refractivity contribution is 7.99. The third kappa shape index (κ3) is 6.20. The van der Waals surface area contributed by atoms with E-state index in [1.165, 1.54) is 24.2 Å². The monoisotopic (exact) mass is 299 g/mol. The van der Waals surface area contributed by atoms with Gasteiger partial charge in [0.1, 0.15) is 0 Å². The minimum absolute atomic E-state index is 0.580. The molecule has 1 rings (SSSR count). The molecule has 0 radical (unpaired) electrons. The van der Waals surface area contributed by atoms with E-state index in [0.717, 1.165) is 23.2 Å². The van der Waals surface area contributed by atoms with E-state index in [1.807, 2.05) is 23.9 Å². The van der Waals surface area contributed by atoms with Crippen molar-refractivity contribution in [2.75, 3.05) is 12.3 Å². The minimum atomic E-state index is 0.580. The molecule has 1 unspecified atom stereocenters. The molecule has 0 aliphatic rings. The Balaban J connectivity index is 2.51. The van der Waals surface area contributed by atoms with E-state index in [0.29, 0.717) is 6.04 Å². The molecule has 1 N–H and O–H groups in total. The molecule has 0 aliphatic heterocycles. The van der Waals surface area contributed by atoms with E-state index in [4.69, 9.17) is 11.6 Å². The van der Waals surface area contributed by atoms with Gasteiger partial charge in [0.2, 0.25) is 0 Å². The fourth-order valence-corrected chi connectivity index (χ4v) is 3.59. The molecule has 0 bridgehead atoms. The van der Waals surface area contributed by atoms with Crippen molar-refractivity contribution in [3.63, 3.8) is 0 Å². The first kappa shape index (κ1) is 16.9. The number of benzene rings is 1. The third-order valence-corrected chi connectivity index (χ3v) is 5.22. The summed E-state index contributed by atoms with van der Waals surface area (Å²) in [5, 5.41) is 4.47. The van der Waals surface area contributed by atoms with Crippen LogP contribution in [0.3, 0.4) is 0 Å². The first-order valence-electron chi connectivity index (χ1n) is 7.31. The molecule has 3 heteroatoms. The maximum absolute atomic E-state index is 6.20. The standard InChI is InChI=1S/C16H26ClNS/c1-4-13(5-2)11-14(18-6-3)12-19-16-10-8-7-9-15(16)17/h7-10,13-14,18H,4-6,11-12H2,1-3H3. The summed E-state index contributed by atoms with van der Waals surface area (Å²) >= 11 is 8.07. The zero-order valence-corrected chi connectivity index (χ0v) is 13.9. The highest BCUT2D eigenvalue weighted by Gasteiger charge is 2.14. The normalized spacial score (nSPS) is 12.9. The summed E-state index contributed by atoms with van der Waals surface area (Å²) in [6, 6.07) is 8.69. The molecule has 0 saturated carbocycles.